The van der Waals surface area contributed by atoms with E-state index in [1.54, 1.807) is 6.92 Å². The summed E-state index contributed by atoms with van der Waals surface area (Å²) in [6, 6.07) is 0.760. The first-order chi connectivity index (χ1) is 9.77. The molecule has 118 valence electrons. The standard InChI is InChI=1S/C11H17N3O5S2/c1-3-8-6-19-7(2)5-13(8)21(17,18)10-4-9(14(15)16)11(12)20-10/h4,7-8H,3,5-6,12H2,1-2H3. The normalized spacial score (nSPS) is 24.1. The lowest BCUT2D eigenvalue weighted by Gasteiger charge is -2.36. The van der Waals surface area contributed by atoms with Gasteiger partial charge in [-0.05, 0) is 13.3 Å². The second-order valence-corrected chi connectivity index (χ2v) is 8.05. The van der Waals surface area contributed by atoms with Crippen molar-refractivity contribution >= 4 is 32.0 Å². The lowest BCUT2D eigenvalue weighted by atomic mass is 10.2. The van der Waals surface area contributed by atoms with Crippen molar-refractivity contribution in [2.24, 2.45) is 0 Å². The van der Waals surface area contributed by atoms with Gasteiger partial charge in [0.15, 0.2) is 5.00 Å². The third kappa shape index (κ3) is 3.03. The van der Waals surface area contributed by atoms with Gasteiger partial charge in [-0.1, -0.05) is 18.3 Å². The van der Waals surface area contributed by atoms with Crippen molar-refractivity contribution in [2.75, 3.05) is 18.9 Å². The van der Waals surface area contributed by atoms with Gasteiger partial charge in [0.2, 0.25) is 0 Å². The van der Waals surface area contributed by atoms with Crippen LogP contribution in [0.2, 0.25) is 0 Å². The molecule has 2 N–H and O–H groups in total. The molecule has 21 heavy (non-hydrogen) atoms. The zero-order valence-corrected chi connectivity index (χ0v) is 13.3. The summed E-state index contributed by atoms with van der Waals surface area (Å²) in [5.41, 5.74) is 5.16. The minimum absolute atomic E-state index is 0.0979. The monoisotopic (exact) mass is 335 g/mol. The highest BCUT2D eigenvalue weighted by molar-refractivity contribution is 7.91. The van der Waals surface area contributed by atoms with E-state index in [-0.39, 0.29) is 33.6 Å². The van der Waals surface area contributed by atoms with E-state index in [0.29, 0.717) is 13.0 Å². The molecule has 0 saturated carbocycles. The number of nitrogen functional groups attached to an aromatic ring is 1. The topological polar surface area (TPSA) is 116 Å². The Morgan fingerprint density at radius 1 is 1.62 bits per heavy atom. The summed E-state index contributed by atoms with van der Waals surface area (Å²) in [5.74, 6) is 0. The molecule has 8 nitrogen and oxygen atoms in total. The van der Waals surface area contributed by atoms with Crippen LogP contribution in [-0.4, -0.2) is 42.9 Å². The zero-order valence-electron chi connectivity index (χ0n) is 11.7. The van der Waals surface area contributed by atoms with E-state index in [1.807, 2.05) is 6.92 Å². The smallest absolute Gasteiger partial charge is 0.304 e. The van der Waals surface area contributed by atoms with Crippen LogP contribution in [0.25, 0.3) is 0 Å². The zero-order chi connectivity index (χ0) is 15.8. The summed E-state index contributed by atoms with van der Waals surface area (Å²) in [7, 11) is -3.80. The Balaban J connectivity index is 2.40. The van der Waals surface area contributed by atoms with Gasteiger partial charge < -0.3 is 10.5 Å². The molecule has 1 aromatic heterocycles. The number of nitro groups is 1. The fourth-order valence-corrected chi connectivity index (χ4v) is 5.29. The first-order valence-electron chi connectivity index (χ1n) is 6.44. The molecule has 1 aliphatic rings. The lowest BCUT2D eigenvalue weighted by Crippen LogP contribution is -2.50. The van der Waals surface area contributed by atoms with Gasteiger partial charge in [-0.2, -0.15) is 4.31 Å². The van der Waals surface area contributed by atoms with E-state index in [0.717, 1.165) is 17.4 Å². The maximum absolute atomic E-state index is 12.7. The van der Waals surface area contributed by atoms with Gasteiger partial charge in [0, 0.05) is 18.7 Å². The third-order valence-electron chi connectivity index (χ3n) is 3.37. The molecule has 1 aromatic rings. The Morgan fingerprint density at radius 3 is 2.81 bits per heavy atom. The molecule has 2 rings (SSSR count). The number of ether oxygens (including phenoxy) is 1. The van der Waals surface area contributed by atoms with Crippen molar-refractivity contribution < 1.29 is 18.1 Å². The summed E-state index contributed by atoms with van der Waals surface area (Å²) in [6.45, 7) is 4.21. The molecule has 0 spiro atoms. The molecule has 0 bridgehead atoms. The maximum atomic E-state index is 12.7. The van der Waals surface area contributed by atoms with Crippen molar-refractivity contribution in [3.8, 4) is 0 Å². The van der Waals surface area contributed by atoms with Crippen LogP contribution in [0.5, 0.6) is 0 Å². The first-order valence-corrected chi connectivity index (χ1v) is 8.70. The summed E-state index contributed by atoms with van der Waals surface area (Å²) >= 11 is 0.723. The summed E-state index contributed by atoms with van der Waals surface area (Å²) in [4.78, 5) is 10.1. The molecule has 0 radical (unpaired) electrons. The van der Waals surface area contributed by atoms with Crippen molar-refractivity contribution in [2.45, 2.75) is 36.6 Å². The van der Waals surface area contributed by atoms with Crippen LogP contribution < -0.4 is 5.73 Å². The van der Waals surface area contributed by atoms with Crippen molar-refractivity contribution in [3.63, 3.8) is 0 Å². The highest BCUT2D eigenvalue weighted by atomic mass is 32.2. The predicted molar refractivity (Wildman–Crippen MR) is 78.8 cm³/mol. The molecule has 0 aromatic carbocycles. The lowest BCUT2D eigenvalue weighted by molar-refractivity contribution is -0.383. The van der Waals surface area contributed by atoms with Crippen LogP contribution in [0.3, 0.4) is 0 Å². The number of nitrogens with zero attached hydrogens (tertiary/aromatic N) is 2. The van der Waals surface area contributed by atoms with Crippen molar-refractivity contribution in [1.29, 1.82) is 0 Å². The van der Waals surface area contributed by atoms with Gasteiger partial charge in [0.25, 0.3) is 10.0 Å². The summed E-state index contributed by atoms with van der Waals surface area (Å²) in [5, 5.41) is 10.7. The Hall–Kier alpha value is -1.23. The fourth-order valence-electron chi connectivity index (χ4n) is 2.19. The first kappa shape index (κ1) is 16.1. The summed E-state index contributed by atoms with van der Waals surface area (Å²) < 4.78 is 32.1. The van der Waals surface area contributed by atoms with Crippen LogP contribution in [0.1, 0.15) is 20.3 Å². The maximum Gasteiger partial charge on any atom is 0.304 e. The number of thiophene rings is 1. The second kappa shape index (κ2) is 5.87. The fraction of sp³-hybridized carbons (Fsp3) is 0.636. The second-order valence-electron chi connectivity index (χ2n) is 4.85. The largest absolute Gasteiger partial charge is 0.385 e. The Morgan fingerprint density at radius 2 is 2.29 bits per heavy atom. The van der Waals surface area contributed by atoms with E-state index in [9.17, 15) is 18.5 Å². The van der Waals surface area contributed by atoms with E-state index in [4.69, 9.17) is 10.5 Å². The average Bonchev–Trinajstić information content (AvgIpc) is 2.81. The third-order valence-corrected chi connectivity index (χ3v) is 6.69. The van der Waals surface area contributed by atoms with Gasteiger partial charge >= 0.3 is 5.69 Å². The van der Waals surface area contributed by atoms with Gasteiger partial charge in [-0.15, -0.1) is 0 Å². The van der Waals surface area contributed by atoms with E-state index < -0.39 is 14.9 Å². The van der Waals surface area contributed by atoms with Gasteiger partial charge in [-0.25, -0.2) is 8.42 Å². The highest BCUT2D eigenvalue weighted by Gasteiger charge is 2.37. The Bertz CT molecular complexity index is 642. The molecular formula is C11H17N3O5S2. The number of nitrogens with two attached hydrogens (primary N) is 1. The molecule has 1 saturated heterocycles. The minimum Gasteiger partial charge on any atom is -0.385 e. The molecule has 2 heterocycles. The molecule has 0 amide bonds. The average molecular weight is 335 g/mol. The number of morpholine rings is 1. The van der Waals surface area contributed by atoms with Crippen LogP contribution in [0.4, 0.5) is 10.7 Å². The number of rotatable bonds is 4. The molecule has 2 unspecified atom stereocenters. The van der Waals surface area contributed by atoms with Gasteiger partial charge in [0.05, 0.1) is 17.6 Å². The quantitative estimate of drug-likeness (QED) is 0.657. The Labute approximate surface area is 126 Å². The van der Waals surface area contributed by atoms with E-state index in [1.165, 1.54) is 4.31 Å². The summed E-state index contributed by atoms with van der Waals surface area (Å²) in [6.07, 6.45) is 0.393. The SMILES string of the molecule is CCC1COC(C)CN1S(=O)(=O)c1cc([N+](=O)[O-])c(N)s1. The van der Waals surface area contributed by atoms with E-state index >= 15 is 0 Å². The number of hydrogen-bond acceptors (Lipinski definition) is 7. The molecule has 0 aliphatic carbocycles. The predicted octanol–water partition coefficient (Wildman–Crippen LogP) is 1.43. The van der Waals surface area contributed by atoms with Crippen LogP contribution in [0.15, 0.2) is 10.3 Å². The number of anilines is 1. The molecular weight excluding hydrogens is 318 g/mol. The van der Waals surface area contributed by atoms with Crippen molar-refractivity contribution in [3.05, 3.63) is 16.2 Å². The van der Waals surface area contributed by atoms with Gasteiger partial charge in [0.1, 0.15) is 4.21 Å². The highest BCUT2D eigenvalue weighted by Crippen LogP contribution is 2.37. The number of hydrogen-bond donors (Lipinski definition) is 1. The van der Waals surface area contributed by atoms with Gasteiger partial charge in [-0.3, -0.25) is 10.1 Å². The van der Waals surface area contributed by atoms with Crippen LogP contribution >= 0.6 is 11.3 Å². The van der Waals surface area contributed by atoms with E-state index in [2.05, 4.69) is 0 Å². The Kier molecular flexibility index (Phi) is 4.51. The van der Waals surface area contributed by atoms with Crippen LogP contribution in [0, 0.1) is 10.1 Å². The molecule has 1 aliphatic heterocycles. The van der Waals surface area contributed by atoms with Crippen molar-refractivity contribution in [1.82, 2.24) is 4.31 Å². The van der Waals surface area contributed by atoms with Crippen LogP contribution in [-0.2, 0) is 14.8 Å². The molecule has 2 atom stereocenters. The number of sulfonamides is 1. The molecule has 10 heteroatoms. The minimum atomic E-state index is -3.80. The molecule has 1 fully saturated rings.